The van der Waals surface area contributed by atoms with Crippen molar-refractivity contribution in [1.29, 1.82) is 0 Å². The molecule has 2 aromatic carbocycles. The smallest absolute Gasteiger partial charge is 0.264 e. The molecule has 0 amide bonds. The Hall–Kier alpha value is -2.35. The van der Waals surface area contributed by atoms with Crippen LogP contribution in [0.5, 0.6) is 0 Å². The molecule has 0 saturated carbocycles. The summed E-state index contributed by atoms with van der Waals surface area (Å²) in [6.45, 7) is 1.71. The van der Waals surface area contributed by atoms with Crippen molar-refractivity contribution in [3.05, 3.63) is 65.7 Å². The van der Waals surface area contributed by atoms with Crippen LogP contribution in [0.4, 0.5) is 13.2 Å². The summed E-state index contributed by atoms with van der Waals surface area (Å²) in [6, 6.07) is 12.1. The van der Waals surface area contributed by atoms with Crippen LogP contribution < -0.4 is 0 Å². The van der Waals surface area contributed by atoms with Gasteiger partial charge in [0.1, 0.15) is 4.90 Å². The first-order valence-electron chi connectivity index (χ1n) is 6.41. The summed E-state index contributed by atoms with van der Waals surface area (Å²) in [5.74, 6) is 0. The number of nitrogens with zero attached hydrogens (tertiary/aromatic N) is 1. The number of benzene rings is 2. The van der Waals surface area contributed by atoms with Crippen molar-refractivity contribution in [2.24, 2.45) is 5.16 Å². The first kappa shape index (κ1) is 17.0. The topological polar surface area (TPSA) is 55.7 Å². The lowest BCUT2D eigenvalue weighted by atomic mass is 10.1. The van der Waals surface area contributed by atoms with E-state index in [0.29, 0.717) is 0 Å². The number of aryl methyl sites for hydroxylation is 1. The predicted octanol–water partition coefficient (Wildman–Crippen LogP) is 3.67. The highest BCUT2D eigenvalue weighted by Crippen LogP contribution is 2.24. The molecule has 2 aromatic rings. The van der Waals surface area contributed by atoms with Gasteiger partial charge in [-0.3, -0.25) is 4.28 Å². The van der Waals surface area contributed by atoms with E-state index in [4.69, 9.17) is 0 Å². The molecule has 2 rings (SSSR count). The maximum Gasteiger partial charge on any atom is 0.437 e. The van der Waals surface area contributed by atoms with Crippen molar-refractivity contribution in [3.63, 3.8) is 0 Å². The molecular formula is C15H12F3NO3S. The van der Waals surface area contributed by atoms with Gasteiger partial charge in [0.15, 0.2) is 5.71 Å². The molecule has 0 heterocycles. The van der Waals surface area contributed by atoms with Crippen LogP contribution in [0, 0.1) is 6.92 Å². The predicted molar refractivity (Wildman–Crippen MR) is 78.5 cm³/mol. The second-order valence-electron chi connectivity index (χ2n) is 4.65. The molecule has 0 aliphatic rings. The van der Waals surface area contributed by atoms with Crippen LogP contribution in [-0.4, -0.2) is 20.3 Å². The van der Waals surface area contributed by atoms with Crippen molar-refractivity contribution in [1.82, 2.24) is 0 Å². The normalized spacial score (nSPS) is 13.0. The third-order valence-electron chi connectivity index (χ3n) is 2.85. The first-order valence-corrected chi connectivity index (χ1v) is 7.82. The number of alkyl halides is 3. The molecule has 0 unspecified atom stereocenters. The third-order valence-corrected chi connectivity index (χ3v) is 3.97. The van der Waals surface area contributed by atoms with Gasteiger partial charge >= 0.3 is 16.3 Å². The molecule has 23 heavy (non-hydrogen) atoms. The Balaban J connectivity index is 2.37. The van der Waals surface area contributed by atoms with Crippen molar-refractivity contribution in [2.75, 3.05) is 0 Å². The highest BCUT2D eigenvalue weighted by Gasteiger charge is 2.38. The number of hydrogen-bond donors (Lipinski definition) is 0. The third kappa shape index (κ3) is 4.32. The SMILES string of the molecule is Cc1ccc(/C(=N/OS(=O)(=O)c2ccccc2)C(F)(F)F)cc1. The maximum atomic E-state index is 13.1. The van der Waals surface area contributed by atoms with Crippen molar-refractivity contribution in [3.8, 4) is 0 Å². The summed E-state index contributed by atoms with van der Waals surface area (Å²) < 4.78 is 67.2. The van der Waals surface area contributed by atoms with Crippen LogP contribution in [0.1, 0.15) is 11.1 Å². The summed E-state index contributed by atoms with van der Waals surface area (Å²) in [5.41, 5.74) is -0.948. The first-order chi connectivity index (χ1) is 10.7. The zero-order valence-electron chi connectivity index (χ0n) is 11.9. The van der Waals surface area contributed by atoms with Gasteiger partial charge in [0.25, 0.3) is 0 Å². The molecule has 0 N–H and O–H groups in total. The van der Waals surface area contributed by atoms with Crippen LogP contribution in [0.3, 0.4) is 0 Å². The van der Waals surface area contributed by atoms with Gasteiger partial charge in [0.2, 0.25) is 0 Å². The Morgan fingerprint density at radius 1 is 1.00 bits per heavy atom. The fourth-order valence-corrected chi connectivity index (χ4v) is 2.45. The monoisotopic (exact) mass is 343 g/mol. The number of oxime groups is 1. The van der Waals surface area contributed by atoms with E-state index < -0.39 is 22.0 Å². The Bertz CT molecular complexity index is 798. The van der Waals surface area contributed by atoms with Gasteiger partial charge in [-0.1, -0.05) is 53.2 Å². The molecule has 0 bridgehead atoms. The van der Waals surface area contributed by atoms with E-state index in [2.05, 4.69) is 9.44 Å². The molecule has 0 spiro atoms. The van der Waals surface area contributed by atoms with Crippen LogP contribution in [0.25, 0.3) is 0 Å². The maximum absolute atomic E-state index is 13.1. The van der Waals surface area contributed by atoms with Gasteiger partial charge in [-0.05, 0) is 19.1 Å². The minimum Gasteiger partial charge on any atom is -0.264 e. The molecule has 0 atom stereocenters. The quantitative estimate of drug-likeness (QED) is 0.629. The van der Waals surface area contributed by atoms with Gasteiger partial charge in [0, 0.05) is 5.56 Å². The van der Waals surface area contributed by atoms with Crippen molar-refractivity contribution >= 4 is 15.8 Å². The summed E-state index contributed by atoms with van der Waals surface area (Å²) in [5, 5.41) is 2.85. The Kier molecular flexibility index (Phi) is 4.74. The van der Waals surface area contributed by atoms with Gasteiger partial charge in [-0.2, -0.15) is 21.6 Å². The van der Waals surface area contributed by atoms with E-state index >= 15 is 0 Å². The average molecular weight is 343 g/mol. The van der Waals surface area contributed by atoms with E-state index in [1.165, 1.54) is 48.5 Å². The average Bonchev–Trinajstić information content (AvgIpc) is 2.49. The molecule has 0 aliphatic heterocycles. The molecular weight excluding hydrogens is 331 g/mol. The van der Waals surface area contributed by atoms with E-state index in [0.717, 1.165) is 5.56 Å². The summed E-state index contributed by atoms with van der Waals surface area (Å²) >= 11 is 0. The van der Waals surface area contributed by atoms with Gasteiger partial charge in [0.05, 0.1) is 0 Å². The second kappa shape index (κ2) is 6.41. The van der Waals surface area contributed by atoms with Gasteiger partial charge < -0.3 is 0 Å². The molecule has 122 valence electrons. The molecule has 0 radical (unpaired) electrons. The summed E-state index contributed by atoms with van der Waals surface area (Å²) in [7, 11) is -4.42. The zero-order chi connectivity index (χ0) is 17.1. The van der Waals surface area contributed by atoms with E-state index in [1.807, 2.05) is 0 Å². The molecule has 8 heteroatoms. The van der Waals surface area contributed by atoms with Crippen LogP contribution in [0.2, 0.25) is 0 Å². The Morgan fingerprint density at radius 3 is 2.09 bits per heavy atom. The van der Waals surface area contributed by atoms with E-state index in [-0.39, 0.29) is 10.5 Å². The Labute approximate surface area is 131 Å². The minimum atomic E-state index is -4.86. The number of hydrogen-bond acceptors (Lipinski definition) is 4. The highest BCUT2D eigenvalue weighted by atomic mass is 32.2. The summed E-state index contributed by atoms with van der Waals surface area (Å²) in [6.07, 6.45) is -4.86. The van der Waals surface area contributed by atoms with Crippen molar-refractivity contribution < 1.29 is 25.9 Å². The minimum absolute atomic E-state index is 0.283. The van der Waals surface area contributed by atoms with Crippen LogP contribution >= 0.6 is 0 Å². The fourth-order valence-electron chi connectivity index (χ4n) is 1.70. The van der Waals surface area contributed by atoms with Crippen molar-refractivity contribution in [2.45, 2.75) is 18.0 Å². The molecule has 0 aliphatic carbocycles. The molecule has 0 aromatic heterocycles. The standard InChI is InChI=1S/C15H12F3NO3S/c1-11-7-9-12(10-8-11)14(15(16,17)18)19-22-23(20,21)13-5-3-2-4-6-13/h2-10H,1H3/b19-14-. The molecule has 4 nitrogen and oxygen atoms in total. The lowest BCUT2D eigenvalue weighted by Crippen LogP contribution is -2.25. The van der Waals surface area contributed by atoms with Crippen LogP contribution in [-0.2, 0) is 14.4 Å². The largest absolute Gasteiger partial charge is 0.437 e. The van der Waals surface area contributed by atoms with E-state index in [1.54, 1.807) is 13.0 Å². The van der Waals surface area contributed by atoms with Gasteiger partial charge in [-0.25, -0.2) is 0 Å². The zero-order valence-corrected chi connectivity index (χ0v) is 12.7. The lowest BCUT2D eigenvalue weighted by Gasteiger charge is -2.10. The van der Waals surface area contributed by atoms with E-state index in [9.17, 15) is 21.6 Å². The second-order valence-corrected chi connectivity index (χ2v) is 6.17. The molecule has 0 saturated heterocycles. The number of halogens is 3. The summed E-state index contributed by atoms with van der Waals surface area (Å²) in [4.78, 5) is -0.283. The van der Waals surface area contributed by atoms with Crippen LogP contribution in [0.15, 0.2) is 64.6 Å². The highest BCUT2D eigenvalue weighted by molar-refractivity contribution is 7.86. The number of rotatable bonds is 4. The lowest BCUT2D eigenvalue weighted by molar-refractivity contribution is -0.0597. The Morgan fingerprint density at radius 2 is 1.57 bits per heavy atom. The molecule has 0 fully saturated rings. The fraction of sp³-hybridized carbons (Fsp3) is 0.133. The van der Waals surface area contributed by atoms with Gasteiger partial charge in [-0.15, -0.1) is 0 Å².